The van der Waals surface area contributed by atoms with Gasteiger partial charge in [0.2, 0.25) is 11.6 Å². The molecule has 0 bridgehead atoms. The maximum absolute atomic E-state index is 11.7. The Labute approximate surface area is 131 Å². The fourth-order valence-electron chi connectivity index (χ4n) is 2.96. The lowest BCUT2D eigenvalue weighted by Crippen LogP contribution is -2.41. The summed E-state index contributed by atoms with van der Waals surface area (Å²) >= 11 is 0. The number of H-pyrrole nitrogens is 1. The molecule has 4 rings (SSSR count). The van der Waals surface area contributed by atoms with E-state index in [1.807, 2.05) is 35.2 Å². The third-order valence-corrected chi connectivity index (χ3v) is 4.05. The molecule has 1 fully saturated rings. The molecule has 1 aliphatic rings. The van der Waals surface area contributed by atoms with Crippen molar-refractivity contribution in [3.05, 3.63) is 30.3 Å². The maximum atomic E-state index is 11.7. The van der Waals surface area contributed by atoms with Crippen molar-refractivity contribution in [2.75, 3.05) is 11.4 Å². The van der Waals surface area contributed by atoms with E-state index >= 15 is 0 Å². The van der Waals surface area contributed by atoms with Crippen LogP contribution in [0.25, 0.3) is 22.6 Å². The minimum atomic E-state index is -0.367. The van der Waals surface area contributed by atoms with E-state index in [2.05, 4.69) is 25.4 Å². The first-order valence-electron chi connectivity index (χ1n) is 7.44. The lowest BCUT2D eigenvalue weighted by atomic mass is 10.2. The van der Waals surface area contributed by atoms with Crippen molar-refractivity contribution in [3.63, 3.8) is 0 Å². The van der Waals surface area contributed by atoms with E-state index < -0.39 is 0 Å². The van der Waals surface area contributed by atoms with Crippen molar-refractivity contribution in [1.29, 1.82) is 0 Å². The van der Waals surface area contributed by atoms with Crippen LogP contribution in [-0.4, -0.2) is 43.9 Å². The third kappa shape index (κ3) is 2.28. The number of nitrogens with zero attached hydrogens (tertiary/aromatic N) is 5. The number of aromatic amines is 1. The van der Waals surface area contributed by atoms with Gasteiger partial charge in [-0.3, -0.25) is 4.79 Å². The Morgan fingerprint density at radius 2 is 2.04 bits per heavy atom. The monoisotopic (exact) mass is 309 g/mol. The number of nitrogens with two attached hydrogens (primary N) is 1. The molecule has 8 heteroatoms. The van der Waals surface area contributed by atoms with Crippen LogP contribution in [-0.2, 0) is 4.79 Å². The average molecular weight is 309 g/mol. The molecule has 1 aromatic carbocycles. The zero-order chi connectivity index (χ0) is 15.8. The van der Waals surface area contributed by atoms with Gasteiger partial charge in [-0.1, -0.05) is 30.3 Å². The molecular weight excluding hydrogens is 294 g/mol. The smallest absolute Gasteiger partial charge is 0.240 e. The number of carbonyl (C=O) groups excluding carboxylic acids is 1. The lowest BCUT2D eigenvalue weighted by Gasteiger charge is -2.23. The Kier molecular flexibility index (Phi) is 3.14. The van der Waals surface area contributed by atoms with Crippen LogP contribution in [0.3, 0.4) is 0 Å². The Bertz CT molecular complexity index is 861. The quantitative estimate of drug-likeness (QED) is 0.742. The summed E-state index contributed by atoms with van der Waals surface area (Å²) in [7, 11) is 0. The van der Waals surface area contributed by atoms with Crippen molar-refractivity contribution in [3.8, 4) is 11.4 Å². The van der Waals surface area contributed by atoms with E-state index in [0.717, 1.165) is 18.4 Å². The van der Waals surface area contributed by atoms with Crippen LogP contribution < -0.4 is 10.6 Å². The summed E-state index contributed by atoms with van der Waals surface area (Å²) in [5.74, 6) is 0.806. The highest BCUT2D eigenvalue weighted by atomic mass is 16.1. The summed E-state index contributed by atoms with van der Waals surface area (Å²) in [5.41, 5.74) is 7.44. The second kappa shape index (κ2) is 5.31. The van der Waals surface area contributed by atoms with E-state index in [1.165, 1.54) is 0 Å². The highest BCUT2D eigenvalue weighted by Crippen LogP contribution is 2.30. The fraction of sp³-hybridized carbons (Fsp3) is 0.267. The number of hydrogen-bond donors (Lipinski definition) is 2. The maximum Gasteiger partial charge on any atom is 0.240 e. The summed E-state index contributed by atoms with van der Waals surface area (Å²) in [6.45, 7) is 0.709. The molecule has 0 radical (unpaired) electrons. The highest BCUT2D eigenvalue weighted by molar-refractivity contribution is 5.90. The molecular formula is C15H15N7O. The normalized spacial score (nSPS) is 17.7. The van der Waals surface area contributed by atoms with E-state index in [4.69, 9.17) is 5.73 Å². The van der Waals surface area contributed by atoms with Gasteiger partial charge < -0.3 is 10.6 Å². The van der Waals surface area contributed by atoms with Gasteiger partial charge in [0.05, 0.1) is 0 Å². The van der Waals surface area contributed by atoms with Crippen molar-refractivity contribution in [2.24, 2.45) is 5.73 Å². The molecule has 116 valence electrons. The van der Waals surface area contributed by atoms with Gasteiger partial charge in [0, 0.05) is 12.1 Å². The molecule has 0 saturated carbocycles. The molecule has 0 aliphatic carbocycles. The molecule has 3 heterocycles. The Morgan fingerprint density at radius 3 is 2.83 bits per heavy atom. The SMILES string of the molecule is NC(=O)[C@H]1CCCN1c1nc(-c2ccccc2)nc2n[nH]nc12. The summed E-state index contributed by atoms with van der Waals surface area (Å²) < 4.78 is 0. The molecule has 1 aliphatic heterocycles. The molecule has 23 heavy (non-hydrogen) atoms. The molecule has 0 unspecified atom stereocenters. The van der Waals surface area contributed by atoms with Crippen LogP contribution >= 0.6 is 0 Å². The van der Waals surface area contributed by atoms with Gasteiger partial charge in [-0.15, -0.1) is 5.10 Å². The zero-order valence-electron chi connectivity index (χ0n) is 12.3. The number of amides is 1. The third-order valence-electron chi connectivity index (χ3n) is 4.05. The average Bonchev–Trinajstić information content (AvgIpc) is 3.23. The molecule has 1 saturated heterocycles. The van der Waals surface area contributed by atoms with Gasteiger partial charge in [0.1, 0.15) is 6.04 Å². The predicted octanol–water partition coefficient (Wildman–Crippen LogP) is 0.869. The van der Waals surface area contributed by atoms with E-state index in [1.54, 1.807) is 0 Å². The van der Waals surface area contributed by atoms with Crippen molar-refractivity contribution >= 4 is 22.9 Å². The first kappa shape index (κ1) is 13.6. The van der Waals surface area contributed by atoms with Crippen molar-refractivity contribution < 1.29 is 4.79 Å². The summed E-state index contributed by atoms with van der Waals surface area (Å²) in [5, 5.41) is 10.8. The predicted molar refractivity (Wildman–Crippen MR) is 84.5 cm³/mol. The molecule has 2 aromatic heterocycles. The van der Waals surface area contributed by atoms with Gasteiger partial charge in [-0.2, -0.15) is 10.3 Å². The van der Waals surface area contributed by atoms with Crippen molar-refractivity contribution in [2.45, 2.75) is 18.9 Å². The van der Waals surface area contributed by atoms with Crippen LogP contribution in [0.2, 0.25) is 0 Å². The number of benzene rings is 1. The molecule has 1 amide bonds. The van der Waals surface area contributed by atoms with Crippen LogP contribution in [0, 0.1) is 0 Å². The molecule has 8 nitrogen and oxygen atoms in total. The zero-order valence-corrected chi connectivity index (χ0v) is 12.3. The number of primary amides is 1. The summed E-state index contributed by atoms with van der Waals surface area (Å²) in [6.07, 6.45) is 1.61. The van der Waals surface area contributed by atoms with Gasteiger partial charge in [0.25, 0.3) is 0 Å². The number of anilines is 1. The summed E-state index contributed by atoms with van der Waals surface area (Å²) in [6, 6.07) is 9.28. The number of aromatic nitrogens is 5. The topological polar surface area (TPSA) is 114 Å². The minimum absolute atomic E-state index is 0.348. The van der Waals surface area contributed by atoms with Crippen LogP contribution in [0.15, 0.2) is 30.3 Å². The first-order valence-corrected chi connectivity index (χ1v) is 7.44. The molecule has 3 N–H and O–H groups in total. The Morgan fingerprint density at radius 1 is 1.22 bits per heavy atom. The second-order valence-corrected chi connectivity index (χ2v) is 5.49. The van der Waals surface area contributed by atoms with Gasteiger partial charge >= 0.3 is 0 Å². The van der Waals surface area contributed by atoms with Crippen molar-refractivity contribution in [1.82, 2.24) is 25.4 Å². The highest BCUT2D eigenvalue weighted by Gasteiger charge is 2.32. The van der Waals surface area contributed by atoms with E-state index in [9.17, 15) is 4.79 Å². The number of nitrogens with one attached hydrogen (secondary N) is 1. The standard InChI is InChI=1S/C15H15N7O/c16-12(23)10-7-4-8-22(10)15-11-14(20-21-19-11)17-13(18-15)9-5-2-1-3-6-9/h1-3,5-6,10H,4,7-8H2,(H2,16,23)(H,17,18,19,20,21)/t10-/m1/s1. The second-order valence-electron chi connectivity index (χ2n) is 5.49. The Hall–Kier alpha value is -3.03. The molecule has 3 aromatic rings. The minimum Gasteiger partial charge on any atom is -0.368 e. The number of fused-ring (bicyclic) bond motifs is 1. The van der Waals surface area contributed by atoms with Gasteiger partial charge in [-0.25, -0.2) is 9.97 Å². The van der Waals surface area contributed by atoms with Crippen LogP contribution in [0.1, 0.15) is 12.8 Å². The first-order chi connectivity index (χ1) is 11.2. The lowest BCUT2D eigenvalue weighted by molar-refractivity contribution is -0.119. The molecule has 0 spiro atoms. The summed E-state index contributed by atoms with van der Waals surface area (Å²) in [4.78, 5) is 22.7. The fourth-order valence-corrected chi connectivity index (χ4v) is 2.96. The van der Waals surface area contributed by atoms with E-state index in [-0.39, 0.29) is 11.9 Å². The molecule has 1 atom stereocenters. The number of hydrogen-bond acceptors (Lipinski definition) is 6. The number of carbonyl (C=O) groups is 1. The largest absolute Gasteiger partial charge is 0.368 e. The van der Waals surface area contributed by atoms with Crippen LogP contribution in [0.5, 0.6) is 0 Å². The Balaban J connectivity index is 1.88. The van der Waals surface area contributed by atoms with Gasteiger partial charge in [0.15, 0.2) is 17.2 Å². The van der Waals surface area contributed by atoms with Gasteiger partial charge in [-0.05, 0) is 12.8 Å². The number of rotatable bonds is 3. The van der Waals surface area contributed by atoms with E-state index in [0.29, 0.717) is 29.4 Å². The van der Waals surface area contributed by atoms with Crippen LogP contribution in [0.4, 0.5) is 5.82 Å².